The molecule has 1 saturated carbocycles. The molecule has 3 heteroatoms. The van der Waals surface area contributed by atoms with E-state index in [9.17, 15) is 0 Å². The van der Waals surface area contributed by atoms with Crippen molar-refractivity contribution >= 4 is 0 Å². The first-order chi connectivity index (χ1) is 5.68. The Bertz CT molecular complexity index is 264. The Hall–Kier alpha value is -0.860. The van der Waals surface area contributed by atoms with Gasteiger partial charge in [-0.3, -0.25) is 0 Å². The summed E-state index contributed by atoms with van der Waals surface area (Å²) in [6.45, 7) is 6.39. The summed E-state index contributed by atoms with van der Waals surface area (Å²) < 4.78 is 2.19. The van der Waals surface area contributed by atoms with E-state index in [2.05, 4.69) is 28.6 Å². The summed E-state index contributed by atoms with van der Waals surface area (Å²) in [5, 5.41) is 3.27. The molecule has 3 nitrogen and oxygen atoms in total. The third kappa shape index (κ3) is 1.24. The van der Waals surface area contributed by atoms with Crippen molar-refractivity contribution in [2.75, 3.05) is 0 Å². The Labute approximate surface area is 72.8 Å². The van der Waals surface area contributed by atoms with Gasteiger partial charge in [0.1, 0.15) is 6.04 Å². The molecule has 0 bridgehead atoms. The first-order valence-corrected chi connectivity index (χ1v) is 4.66. The van der Waals surface area contributed by atoms with Crippen LogP contribution in [0.4, 0.5) is 0 Å². The molecule has 0 unspecified atom stereocenters. The summed E-state index contributed by atoms with van der Waals surface area (Å²) in [5.74, 6) is 3.02. The van der Waals surface area contributed by atoms with Crippen molar-refractivity contribution in [1.82, 2.24) is 10.1 Å². The van der Waals surface area contributed by atoms with Crippen LogP contribution in [0.5, 0.6) is 0 Å². The maximum absolute atomic E-state index is 4.50. The van der Waals surface area contributed by atoms with E-state index in [1.54, 1.807) is 0 Å². The van der Waals surface area contributed by atoms with Crippen LogP contribution in [0.1, 0.15) is 50.3 Å². The van der Waals surface area contributed by atoms with E-state index in [0.29, 0.717) is 6.04 Å². The molecule has 1 fully saturated rings. The molecular weight excluding hydrogens is 150 g/mol. The maximum atomic E-state index is 4.50. The second-order valence-corrected chi connectivity index (χ2v) is 3.91. The average molecular weight is 166 g/mol. The Morgan fingerprint density at radius 2 is 2.17 bits per heavy atom. The number of hydrogen-bond acceptors (Lipinski definition) is 1. The number of aryl methyl sites for hydroxylation is 1. The van der Waals surface area contributed by atoms with Crippen LogP contribution in [0.3, 0.4) is 0 Å². The summed E-state index contributed by atoms with van der Waals surface area (Å²) in [5.41, 5.74) is 0. The van der Waals surface area contributed by atoms with E-state index < -0.39 is 0 Å². The molecule has 1 N–H and O–H groups in total. The number of nitrogens with one attached hydrogen (secondary N) is 1. The van der Waals surface area contributed by atoms with E-state index in [1.807, 2.05) is 6.92 Å². The van der Waals surface area contributed by atoms with Crippen molar-refractivity contribution < 1.29 is 4.68 Å². The van der Waals surface area contributed by atoms with Crippen LogP contribution in [-0.4, -0.2) is 10.1 Å². The second kappa shape index (κ2) is 2.57. The van der Waals surface area contributed by atoms with Crippen molar-refractivity contribution in [2.24, 2.45) is 0 Å². The standard InChI is InChI=1S/C9H15N3/c1-6(2)12-9(8-4-5-8)10-7(3)11-12/h6,8H,4-5H2,1-3H3/p+1. The van der Waals surface area contributed by atoms with Crippen LogP contribution in [0, 0.1) is 6.92 Å². The lowest BCUT2D eigenvalue weighted by Gasteiger charge is -1.99. The first kappa shape index (κ1) is 7.77. The van der Waals surface area contributed by atoms with Gasteiger partial charge >= 0.3 is 5.82 Å². The monoisotopic (exact) mass is 166 g/mol. The Balaban J connectivity index is 2.36. The SMILES string of the molecule is Cc1nc(C2CC2)[n+](C(C)C)[nH]1. The molecule has 0 amide bonds. The molecule has 0 spiro atoms. The number of nitrogens with zero attached hydrogens (tertiary/aromatic N) is 2. The molecular formula is C9H16N3+. The van der Waals surface area contributed by atoms with Gasteiger partial charge in [-0.15, -0.1) is 0 Å². The zero-order chi connectivity index (χ0) is 8.72. The largest absolute Gasteiger partial charge is 0.322 e. The average Bonchev–Trinajstić information content (AvgIpc) is 2.75. The van der Waals surface area contributed by atoms with Crippen molar-refractivity contribution in [3.8, 4) is 0 Å². The molecule has 0 radical (unpaired) electrons. The zero-order valence-electron chi connectivity index (χ0n) is 7.96. The minimum atomic E-state index is 0.502. The van der Waals surface area contributed by atoms with Gasteiger partial charge in [-0.25, -0.2) is 0 Å². The smallest absolute Gasteiger partial charge is 0.191 e. The van der Waals surface area contributed by atoms with Crippen molar-refractivity contribution in [1.29, 1.82) is 0 Å². The fourth-order valence-corrected chi connectivity index (χ4v) is 1.51. The number of hydrogen-bond donors (Lipinski definition) is 1. The van der Waals surface area contributed by atoms with Crippen LogP contribution in [-0.2, 0) is 0 Å². The molecule has 2 rings (SSSR count). The fraction of sp³-hybridized carbons (Fsp3) is 0.778. The number of aromatic nitrogens is 3. The summed E-state index contributed by atoms with van der Waals surface area (Å²) >= 11 is 0. The Kier molecular flexibility index (Phi) is 1.67. The minimum absolute atomic E-state index is 0.502. The lowest BCUT2D eigenvalue weighted by Crippen LogP contribution is -2.41. The molecule has 12 heavy (non-hydrogen) atoms. The van der Waals surface area contributed by atoms with Crippen LogP contribution < -0.4 is 4.68 Å². The van der Waals surface area contributed by atoms with Gasteiger partial charge in [-0.2, -0.15) is 9.78 Å². The number of rotatable bonds is 2. The zero-order valence-corrected chi connectivity index (χ0v) is 7.96. The predicted molar refractivity (Wildman–Crippen MR) is 45.9 cm³/mol. The summed E-state index contributed by atoms with van der Waals surface area (Å²) in [6, 6.07) is 0.502. The highest BCUT2D eigenvalue weighted by Crippen LogP contribution is 2.37. The van der Waals surface area contributed by atoms with Crippen molar-refractivity contribution in [2.45, 2.75) is 45.6 Å². The number of aromatic amines is 1. The van der Waals surface area contributed by atoms with Gasteiger partial charge in [-0.05, 0) is 31.7 Å². The molecule has 66 valence electrons. The molecule has 1 aliphatic carbocycles. The van der Waals surface area contributed by atoms with Crippen LogP contribution >= 0.6 is 0 Å². The van der Waals surface area contributed by atoms with Crippen LogP contribution in [0.2, 0.25) is 0 Å². The van der Waals surface area contributed by atoms with Crippen molar-refractivity contribution in [3.63, 3.8) is 0 Å². The predicted octanol–water partition coefficient (Wildman–Crippen LogP) is 1.46. The lowest BCUT2D eigenvalue weighted by atomic mass is 10.3. The lowest BCUT2D eigenvalue weighted by molar-refractivity contribution is -0.775. The molecule has 1 heterocycles. The van der Waals surface area contributed by atoms with Crippen LogP contribution in [0.25, 0.3) is 0 Å². The molecule has 0 atom stereocenters. The van der Waals surface area contributed by atoms with Gasteiger partial charge in [0.15, 0.2) is 0 Å². The third-order valence-electron chi connectivity index (χ3n) is 2.27. The number of H-pyrrole nitrogens is 1. The van der Waals surface area contributed by atoms with E-state index in [0.717, 1.165) is 11.7 Å². The highest BCUT2D eigenvalue weighted by Gasteiger charge is 2.36. The molecule has 0 saturated heterocycles. The van der Waals surface area contributed by atoms with Gasteiger partial charge in [0, 0.05) is 6.92 Å². The summed E-state index contributed by atoms with van der Waals surface area (Å²) in [7, 11) is 0. The van der Waals surface area contributed by atoms with E-state index in [4.69, 9.17) is 0 Å². The summed E-state index contributed by atoms with van der Waals surface area (Å²) in [4.78, 5) is 4.50. The molecule has 0 aromatic carbocycles. The highest BCUT2D eigenvalue weighted by atomic mass is 15.4. The highest BCUT2D eigenvalue weighted by molar-refractivity contribution is 4.99. The minimum Gasteiger partial charge on any atom is -0.191 e. The van der Waals surface area contributed by atoms with Crippen LogP contribution in [0.15, 0.2) is 0 Å². The quantitative estimate of drug-likeness (QED) is 0.663. The topological polar surface area (TPSA) is 32.6 Å². The molecule has 0 aliphatic heterocycles. The van der Waals surface area contributed by atoms with E-state index in [-0.39, 0.29) is 0 Å². The van der Waals surface area contributed by atoms with Gasteiger partial charge < -0.3 is 0 Å². The summed E-state index contributed by atoms with van der Waals surface area (Å²) in [6.07, 6.45) is 2.63. The first-order valence-electron chi connectivity index (χ1n) is 4.66. The Morgan fingerprint density at radius 3 is 2.67 bits per heavy atom. The second-order valence-electron chi connectivity index (χ2n) is 3.91. The molecule has 1 aromatic heterocycles. The molecule has 1 aromatic rings. The Morgan fingerprint density at radius 1 is 1.50 bits per heavy atom. The van der Waals surface area contributed by atoms with Gasteiger partial charge in [0.2, 0.25) is 5.82 Å². The van der Waals surface area contributed by atoms with E-state index >= 15 is 0 Å². The maximum Gasteiger partial charge on any atom is 0.322 e. The van der Waals surface area contributed by atoms with Gasteiger partial charge in [0.05, 0.1) is 5.92 Å². The fourth-order valence-electron chi connectivity index (χ4n) is 1.51. The van der Waals surface area contributed by atoms with Crippen molar-refractivity contribution in [3.05, 3.63) is 11.6 Å². The van der Waals surface area contributed by atoms with Gasteiger partial charge in [-0.1, -0.05) is 0 Å². The third-order valence-corrected chi connectivity index (χ3v) is 2.27. The molecule has 1 aliphatic rings. The van der Waals surface area contributed by atoms with Gasteiger partial charge in [0.25, 0.3) is 0 Å². The normalized spacial score (nSPS) is 17.3. The van der Waals surface area contributed by atoms with E-state index in [1.165, 1.54) is 18.7 Å².